The Kier molecular flexibility index (Phi) is 3.77. The van der Waals surface area contributed by atoms with Crippen LogP contribution in [0.25, 0.3) is 0 Å². The Balaban J connectivity index is 2.17. The van der Waals surface area contributed by atoms with E-state index in [1.54, 1.807) is 11.9 Å². The van der Waals surface area contributed by atoms with Crippen LogP contribution in [0.1, 0.15) is 31.9 Å². The minimum Gasteiger partial charge on any atom is -0.280 e. The van der Waals surface area contributed by atoms with Gasteiger partial charge in [-0.2, -0.15) is 0 Å². The third kappa shape index (κ3) is 2.34. The van der Waals surface area contributed by atoms with Crippen molar-refractivity contribution in [2.24, 2.45) is 0 Å². The van der Waals surface area contributed by atoms with Crippen molar-refractivity contribution < 1.29 is 4.79 Å². The molecule has 3 rings (SSSR count). The average molecular weight is 311 g/mol. The van der Waals surface area contributed by atoms with E-state index in [0.29, 0.717) is 0 Å². The molecule has 1 aliphatic heterocycles. The van der Waals surface area contributed by atoms with E-state index in [4.69, 9.17) is 0 Å². The minimum absolute atomic E-state index is 0.183. The molecule has 1 amide bonds. The average Bonchev–Trinajstić information content (AvgIpc) is 2.87. The third-order valence-corrected chi connectivity index (χ3v) is 5.64. The summed E-state index contributed by atoms with van der Waals surface area (Å²) in [7, 11) is 0. The number of amides is 1. The van der Waals surface area contributed by atoms with Crippen LogP contribution in [0.5, 0.6) is 0 Å². The molecule has 1 aliphatic rings. The topological polar surface area (TPSA) is 20.3 Å². The maximum Gasteiger partial charge on any atom is 0.248 e. The third-order valence-electron chi connectivity index (χ3n) is 4.10. The molecule has 0 aliphatic carbocycles. The smallest absolute Gasteiger partial charge is 0.248 e. The first-order valence-corrected chi connectivity index (χ1v) is 8.49. The summed E-state index contributed by atoms with van der Waals surface area (Å²) in [5.74, 6) is 0.930. The molecule has 0 N–H and O–H groups in total. The fraction of sp³-hybridized carbons (Fsp3) is 0.316. The summed E-state index contributed by atoms with van der Waals surface area (Å²) in [5, 5.41) is 0. The first-order chi connectivity index (χ1) is 10.5. The fourth-order valence-corrected chi connectivity index (χ4v) is 4.42. The van der Waals surface area contributed by atoms with Gasteiger partial charge < -0.3 is 0 Å². The number of carbonyl (C=O) groups is 1. The molecule has 2 nitrogen and oxygen atoms in total. The Bertz CT molecular complexity index is 621. The molecule has 0 unspecified atom stereocenters. The van der Waals surface area contributed by atoms with Crippen LogP contribution in [-0.4, -0.2) is 21.5 Å². The molecule has 0 saturated carbocycles. The van der Waals surface area contributed by atoms with E-state index in [1.807, 2.05) is 40.7 Å². The van der Waals surface area contributed by atoms with Crippen LogP contribution >= 0.6 is 11.9 Å². The number of hydrogen-bond donors (Lipinski definition) is 0. The number of carbonyl (C=O) groups excluding carboxylic acids is 1. The predicted octanol–water partition coefficient (Wildman–Crippen LogP) is 4.26. The van der Waals surface area contributed by atoms with Crippen LogP contribution < -0.4 is 0 Å². The zero-order valence-electron chi connectivity index (χ0n) is 13.2. The van der Waals surface area contributed by atoms with E-state index in [0.717, 1.165) is 16.9 Å². The molecule has 3 heteroatoms. The van der Waals surface area contributed by atoms with Crippen LogP contribution in [0.4, 0.5) is 0 Å². The summed E-state index contributed by atoms with van der Waals surface area (Å²) in [4.78, 5) is 13.4. The SMILES string of the molecule is CC(C)(C)N1SCC(c2ccccc2)(c2ccccc2)C1=O. The van der Waals surface area contributed by atoms with Gasteiger partial charge in [-0.1, -0.05) is 60.7 Å². The Hall–Kier alpha value is -1.74. The normalized spacial score (nSPS) is 17.8. The Labute approximate surface area is 136 Å². The van der Waals surface area contributed by atoms with Gasteiger partial charge in [-0.25, -0.2) is 0 Å². The fourth-order valence-electron chi connectivity index (χ4n) is 2.98. The highest BCUT2D eigenvalue weighted by atomic mass is 32.2. The van der Waals surface area contributed by atoms with E-state index in [2.05, 4.69) is 45.0 Å². The number of nitrogens with zero attached hydrogens (tertiary/aromatic N) is 1. The van der Waals surface area contributed by atoms with Crippen LogP contribution in [0.2, 0.25) is 0 Å². The molecule has 2 aromatic carbocycles. The Morgan fingerprint density at radius 2 is 1.36 bits per heavy atom. The summed E-state index contributed by atoms with van der Waals surface area (Å²) in [6.45, 7) is 6.26. The van der Waals surface area contributed by atoms with Gasteiger partial charge in [0.05, 0.1) is 0 Å². The second-order valence-electron chi connectivity index (χ2n) is 6.68. The van der Waals surface area contributed by atoms with Crippen LogP contribution in [0.3, 0.4) is 0 Å². The molecule has 114 valence electrons. The van der Waals surface area contributed by atoms with Gasteiger partial charge in [0.2, 0.25) is 5.91 Å². The maximum absolute atomic E-state index is 13.4. The highest BCUT2D eigenvalue weighted by molar-refractivity contribution is 7.98. The lowest BCUT2D eigenvalue weighted by Gasteiger charge is -2.33. The van der Waals surface area contributed by atoms with Gasteiger partial charge in [0.15, 0.2) is 0 Å². The molecule has 0 spiro atoms. The van der Waals surface area contributed by atoms with E-state index in [1.165, 1.54) is 0 Å². The summed E-state index contributed by atoms with van der Waals surface area (Å²) >= 11 is 1.64. The summed E-state index contributed by atoms with van der Waals surface area (Å²) < 4.78 is 1.94. The second-order valence-corrected chi connectivity index (χ2v) is 7.59. The van der Waals surface area contributed by atoms with Crippen molar-refractivity contribution in [3.05, 3.63) is 71.8 Å². The Morgan fingerprint density at radius 3 is 1.73 bits per heavy atom. The molecule has 0 atom stereocenters. The van der Waals surface area contributed by atoms with Gasteiger partial charge in [-0.3, -0.25) is 9.10 Å². The standard InChI is InChI=1S/C19H21NOS/c1-18(2,3)20-17(21)19(14-22-20,15-10-6-4-7-11-15)16-12-8-5-9-13-16/h4-13H,14H2,1-3H3. The Morgan fingerprint density at radius 1 is 0.909 bits per heavy atom. The van der Waals surface area contributed by atoms with Crippen molar-refractivity contribution in [2.75, 3.05) is 5.75 Å². The molecule has 1 fully saturated rings. The van der Waals surface area contributed by atoms with Crippen molar-refractivity contribution in [2.45, 2.75) is 31.7 Å². The van der Waals surface area contributed by atoms with Gasteiger partial charge in [0.25, 0.3) is 0 Å². The van der Waals surface area contributed by atoms with E-state index < -0.39 is 5.41 Å². The van der Waals surface area contributed by atoms with Crippen molar-refractivity contribution in [1.29, 1.82) is 0 Å². The molecule has 22 heavy (non-hydrogen) atoms. The van der Waals surface area contributed by atoms with E-state index >= 15 is 0 Å². The molecule has 0 bridgehead atoms. The number of rotatable bonds is 2. The molecule has 1 saturated heterocycles. The van der Waals surface area contributed by atoms with Crippen molar-refractivity contribution in [1.82, 2.24) is 4.31 Å². The van der Waals surface area contributed by atoms with Gasteiger partial charge in [0, 0.05) is 11.3 Å². The van der Waals surface area contributed by atoms with Gasteiger partial charge in [-0.15, -0.1) is 0 Å². The van der Waals surface area contributed by atoms with Gasteiger partial charge >= 0.3 is 0 Å². The zero-order chi connectivity index (χ0) is 15.8. The largest absolute Gasteiger partial charge is 0.280 e. The van der Waals surface area contributed by atoms with E-state index in [-0.39, 0.29) is 11.4 Å². The first-order valence-electron chi connectivity index (χ1n) is 7.55. The predicted molar refractivity (Wildman–Crippen MR) is 92.7 cm³/mol. The lowest BCUT2D eigenvalue weighted by atomic mass is 9.75. The molecule has 0 radical (unpaired) electrons. The molecular formula is C19H21NOS. The van der Waals surface area contributed by atoms with Crippen LogP contribution in [0, 0.1) is 0 Å². The monoisotopic (exact) mass is 311 g/mol. The lowest BCUT2D eigenvalue weighted by Crippen LogP contribution is -2.46. The van der Waals surface area contributed by atoms with Gasteiger partial charge in [0.1, 0.15) is 5.41 Å². The second kappa shape index (κ2) is 5.47. The van der Waals surface area contributed by atoms with Gasteiger partial charge in [-0.05, 0) is 43.8 Å². The first kappa shape index (κ1) is 15.2. The minimum atomic E-state index is -0.583. The maximum atomic E-state index is 13.4. The quantitative estimate of drug-likeness (QED) is 0.772. The van der Waals surface area contributed by atoms with Crippen molar-refractivity contribution in [3.8, 4) is 0 Å². The number of hydrogen-bond acceptors (Lipinski definition) is 2. The summed E-state index contributed by atoms with van der Waals surface area (Å²) in [6.07, 6.45) is 0. The summed E-state index contributed by atoms with van der Waals surface area (Å²) in [6, 6.07) is 20.3. The molecule has 2 aromatic rings. The lowest BCUT2D eigenvalue weighted by molar-refractivity contribution is -0.131. The van der Waals surface area contributed by atoms with E-state index in [9.17, 15) is 4.79 Å². The van der Waals surface area contributed by atoms with Crippen molar-refractivity contribution >= 4 is 17.9 Å². The highest BCUT2D eigenvalue weighted by Gasteiger charge is 2.52. The zero-order valence-corrected chi connectivity index (χ0v) is 14.1. The van der Waals surface area contributed by atoms with Crippen molar-refractivity contribution in [3.63, 3.8) is 0 Å². The summed E-state index contributed by atoms with van der Waals surface area (Å²) in [5.41, 5.74) is 1.38. The number of benzene rings is 2. The molecule has 1 heterocycles. The highest BCUT2D eigenvalue weighted by Crippen LogP contribution is 2.47. The van der Waals surface area contributed by atoms with Crippen LogP contribution in [-0.2, 0) is 10.2 Å². The van der Waals surface area contributed by atoms with Crippen LogP contribution in [0.15, 0.2) is 60.7 Å². The molecule has 0 aromatic heterocycles. The molecular weight excluding hydrogens is 290 g/mol.